The summed E-state index contributed by atoms with van der Waals surface area (Å²) >= 11 is 0. The van der Waals surface area contributed by atoms with Gasteiger partial charge in [0, 0.05) is 23.8 Å². The lowest BCUT2D eigenvalue weighted by atomic mass is 9.83. The highest BCUT2D eigenvalue weighted by atomic mass is 16.2. The molecule has 6 heteroatoms. The molecule has 38 heavy (non-hydrogen) atoms. The Labute approximate surface area is 227 Å². The standard InChI is InChI=1S/C32H43N3O3/c1-23(2)19-20-28(30(36)22-35-21-11-10-13-24-12-6-9-18-29(24)35)34-32(38)26-16-7-8-17-27(26)33-31(37)25-14-4-3-5-15-25/h3-6,9,12,14-15,18,23,26-28H,7-8,10-11,13,16-17,19-22H2,1-2H3,(H,33,37)(H,34,38)/t26-,27+,28+/m1/s1. The van der Waals surface area contributed by atoms with Crippen molar-refractivity contribution in [2.75, 3.05) is 18.0 Å². The van der Waals surface area contributed by atoms with E-state index in [4.69, 9.17) is 0 Å². The van der Waals surface area contributed by atoms with Gasteiger partial charge in [0.05, 0.1) is 18.5 Å². The van der Waals surface area contributed by atoms with Gasteiger partial charge in [-0.25, -0.2) is 0 Å². The summed E-state index contributed by atoms with van der Waals surface area (Å²) in [6.07, 6.45) is 8.12. The van der Waals surface area contributed by atoms with E-state index in [1.54, 1.807) is 12.1 Å². The van der Waals surface area contributed by atoms with Gasteiger partial charge in [0.2, 0.25) is 5.91 Å². The molecule has 1 fully saturated rings. The summed E-state index contributed by atoms with van der Waals surface area (Å²) in [6, 6.07) is 16.7. The average molecular weight is 518 g/mol. The zero-order chi connectivity index (χ0) is 26.9. The number of rotatable bonds is 10. The van der Waals surface area contributed by atoms with E-state index >= 15 is 0 Å². The van der Waals surface area contributed by atoms with Crippen molar-refractivity contribution in [2.45, 2.75) is 83.7 Å². The highest BCUT2D eigenvalue weighted by molar-refractivity contribution is 5.95. The fourth-order valence-electron chi connectivity index (χ4n) is 5.78. The first-order chi connectivity index (χ1) is 18.4. The number of fused-ring (bicyclic) bond motifs is 1. The number of ketones is 1. The quantitative estimate of drug-likeness (QED) is 0.448. The molecule has 0 unspecified atom stereocenters. The number of para-hydroxylation sites is 1. The summed E-state index contributed by atoms with van der Waals surface area (Å²) in [5, 5.41) is 6.26. The minimum absolute atomic E-state index is 0.0661. The van der Waals surface area contributed by atoms with Gasteiger partial charge in [-0.3, -0.25) is 14.4 Å². The zero-order valence-electron chi connectivity index (χ0n) is 23.0. The number of anilines is 1. The monoisotopic (exact) mass is 517 g/mol. The molecule has 2 amide bonds. The molecule has 0 bridgehead atoms. The second-order valence-corrected chi connectivity index (χ2v) is 11.3. The lowest BCUT2D eigenvalue weighted by Gasteiger charge is -2.33. The van der Waals surface area contributed by atoms with Gasteiger partial charge in [0.15, 0.2) is 5.78 Å². The maximum atomic E-state index is 13.7. The highest BCUT2D eigenvalue weighted by Crippen LogP contribution is 2.27. The number of carbonyl (C=O) groups excluding carboxylic acids is 3. The molecule has 1 saturated carbocycles. The molecule has 0 spiro atoms. The fourth-order valence-corrected chi connectivity index (χ4v) is 5.78. The number of Topliss-reactive ketones (excluding diaryl/α,β-unsaturated/α-hetero) is 1. The van der Waals surface area contributed by atoms with Gasteiger partial charge in [0.25, 0.3) is 5.91 Å². The van der Waals surface area contributed by atoms with E-state index in [0.717, 1.165) is 63.6 Å². The van der Waals surface area contributed by atoms with Crippen molar-refractivity contribution in [2.24, 2.45) is 11.8 Å². The third-order valence-corrected chi connectivity index (χ3v) is 8.00. The SMILES string of the molecule is CC(C)CC[C@H](NC(=O)[C@@H]1CCCC[C@@H]1NC(=O)c1ccccc1)C(=O)CN1CCCCc2ccccc21. The van der Waals surface area contributed by atoms with Gasteiger partial charge in [-0.2, -0.15) is 0 Å². The maximum Gasteiger partial charge on any atom is 0.251 e. The number of amides is 2. The van der Waals surface area contributed by atoms with Crippen LogP contribution in [-0.4, -0.2) is 42.8 Å². The smallest absolute Gasteiger partial charge is 0.251 e. The number of hydrogen-bond donors (Lipinski definition) is 2. The van der Waals surface area contributed by atoms with Crippen molar-refractivity contribution in [3.8, 4) is 0 Å². The van der Waals surface area contributed by atoms with Gasteiger partial charge < -0.3 is 15.5 Å². The topological polar surface area (TPSA) is 78.5 Å². The molecule has 1 aliphatic carbocycles. The van der Waals surface area contributed by atoms with Gasteiger partial charge in [-0.1, -0.05) is 63.1 Å². The summed E-state index contributed by atoms with van der Waals surface area (Å²) in [6.45, 7) is 5.44. The molecule has 0 radical (unpaired) electrons. The zero-order valence-corrected chi connectivity index (χ0v) is 23.0. The van der Waals surface area contributed by atoms with Crippen LogP contribution in [0.25, 0.3) is 0 Å². The number of aryl methyl sites for hydroxylation is 1. The molecule has 0 saturated heterocycles. The van der Waals surface area contributed by atoms with Gasteiger partial charge in [-0.15, -0.1) is 0 Å². The van der Waals surface area contributed by atoms with E-state index in [-0.39, 0.29) is 29.6 Å². The van der Waals surface area contributed by atoms with Crippen LogP contribution >= 0.6 is 0 Å². The second kappa shape index (κ2) is 13.6. The first kappa shape index (κ1) is 27.9. The largest absolute Gasteiger partial charge is 0.364 e. The Hall–Kier alpha value is -3.15. The summed E-state index contributed by atoms with van der Waals surface area (Å²) < 4.78 is 0. The van der Waals surface area contributed by atoms with Crippen molar-refractivity contribution < 1.29 is 14.4 Å². The molecule has 0 aromatic heterocycles. The van der Waals surface area contributed by atoms with E-state index in [0.29, 0.717) is 24.4 Å². The molecule has 1 aliphatic heterocycles. The normalized spacial score (nSPS) is 20.2. The molecular formula is C32H43N3O3. The molecule has 2 aliphatic rings. The van der Waals surface area contributed by atoms with Crippen molar-refractivity contribution in [3.63, 3.8) is 0 Å². The third kappa shape index (κ3) is 7.46. The van der Waals surface area contributed by atoms with Crippen molar-refractivity contribution in [1.82, 2.24) is 10.6 Å². The predicted octanol–water partition coefficient (Wildman–Crippen LogP) is 5.31. The maximum absolute atomic E-state index is 13.7. The Balaban J connectivity index is 1.45. The van der Waals surface area contributed by atoms with E-state index in [2.05, 4.69) is 47.6 Å². The van der Waals surface area contributed by atoms with E-state index in [9.17, 15) is 14.4 Å². The van der Waals surface area contributed by atoms with Gasteiger partial charge in [-0.05, 0) is 74.6 Å². The summed E-state index contributed by atoms with van der Waals surface area (Å²) in [5.74, 6) is -0.0845. The molecule has 2 N–H and O–H groups in total. The Bertz CT molecular complexity index is 1080. The highest BCUT2D eigenvalue weighted by Gasteiger charge is 2.34. The molecule has 3 atom stereocenters. The summed E-state index contributed by atoms with van der Waals surface area (Å²) in [5.41, 5.74) is 3.03. The van der Waals surface area contributed by atoms with Crippen LogP contribution in [-0.2, 0) is 16.0 Å². The Kier molecular flexibility index (Phi) is 9.97. The van der Waals surface area contributed by atoms with Gasteiger partial charge in [0.1, 0.15) is 0 Å². The first-order valence-electron chi connectivity index (χ1n) is 14.4. The molecule has 4 rings (SSSR count). The summed E-state index contributed by atoms with van der Waals surface area (Å²) in [4.78, 5) is 42.3. The van der Waals surface area contributed by atoms with Crippen LogP contribution in [0, 0.1) is 11.8 Å². The van der Waals surface area contributed by atoms with Crippen LogP contribution in [0.5, 0.6) is 0 Å². The van der Waals surface area contributed by atoms with Crippen LogP contribution in [0.15, 0.2) is 54.6 Å². The van der Waals surface area contributed by atoms with Crippen LogP contribution in [0.1, 0.15) is 81.1 Å². The van der Waals surface area contributed by atoms with Crippen LogP contribution < -0.4 is 15.5 Å². The second-order valence-electron chi connectivity index (χ2n) is 11.3. The Morgan fingerprint density at radius 3 is 2.42 bits per heavy atom. The molecule has 1 heterocycles. The average Bonchev–Trinajstić information content (AvgIpc) is 3.13. The molecule has 2 aromatic carbocycles. The third-order valence-electron chi connectivity index (χ3n) is 8.00. The number of benzene rings is 2. The lowest BCUT2D eigenvalue weighted by molar-refractivity contribution is -0.131. The molecule has 6 nitrogen and oxygen atoms in total. The first-order valence-corrected chi connectivity index (χ1v) is 14.4. The van der Waals surface area contributed by atoms with Crippen molar-refractivity contribution in [1.29, 1.82) is 0 Å². The predicted molar refractivity (Wildman–Crippen MR) is 152 cm³/mol. The van der Waals surface area contributed by atoms with Crippen molar-refractivity contribution >= 4 is 23.3 Å². The molecule has 2 aromatic rings. The van der Waals surface area contributed by atoms with Crippen LogP contribution in [0.3, 0.4) is 0 Å². The van der Waals surface area contributed by atoms with E-state index in [1.165, 1.54) is 5.56 Å². The minimum atomic E-state index is -0.521. The number of carbonyl (C=O) groups is 3. The number of nitrogens with zero attached hydrogens (tertiary/aromatic N) is 1. The van der Waals surface area contributed by atoms with E-state index in [1.807, 2.05) is 24.3 Å². The van der Waals surface area contributed by atoms with Crippen LogP contribution in [0.4, 0.5) is 5.69 Å². The Morgan fingerprint density at radius 2 is 1.63 bits per heavy atom. The number of nitrogens with one attached hydrogen (secondary N) is 2. The lowest BCUT2D eigenvalue weighted by Crippen LogP contribution is -2.53. The summed E-state index contributed by atoms with van der Waals surface area (Å²) in [7, 11) is 0. The van der Waals surface area contributed by atoms with Gasteiger partial charge >= 0.3 is 0 Å². The minimum Gasteiger partial charge on any atom is -0.364 e. The Morgan fingerprint density at radius 1 is 0.895 bits per heavy atom. The van der Waals surface area contributed by atoms with Crippen LogP contribution in [0.2, 0.25) is 0 Å². The van der Waals surface area contributed by atoms with Crippen molar-refractivity contribution in [3.05, 3.63) is 65.7 Å². The van der Waals surface area contributed by atoms with E-state index < -0.39 is 6.04 Å². The fraction of sp³-hybridized carbons (Fsp3) is 0.531. The molecular weight excluding hydrogens is 474 g/mol. The molecule has 204 valence electrons. The number of hydrogen-bond acceptors (Lipinski definition) is 4.